The predicted octanol–water partition coefficient (Wildman–Crippen LogP) is 2.70. The Kier molecular flexibility index (Phi) is 6.33. The fraction of sp³-hybridized carbons (Fsp3) is 0.263. The minimum Gasteiger partial charge on any atom is -0.478 e. The van der Waals surface area contributed by atoms with Crippen LogP contribution in [0.4, 0.5) is 17.1 Å². The topological polar surface area (TPSA) is 116 Å². The summed E-state index contributed by atoms with van der Waals surface area (Å²) in [6, 6.07) is 10.2. The minimum atomic E-state index is -3.91. The van der Waals surface area contributed by atoms with E-state index < -0.39 is 16.0 Å². The van der Waals surface area contributed by atoms with E-state index in [2.05, 4.69) is 10.0 Å². The van der Waals surface area contributed by atoms with Crippen LogP contribution in [0.3, 0.4) is 0 Å². The number of thioether (sulfide) groups is 1. The third-order valence-corrected chi connectivity index (χ3v) is 6.66. The number of amides is 1. The highest BCUT2D eigenvalue weighted by molar-refractivity contribution is 7.99. The van der Waals surface area contributed by atoms with E-state index in [9.17, 15) is 23.1 Å². The number of carbonyl (C=O) groups excluding carboxylic acids is 1. The molecule has 1 aliphatic heterocycles. The van der Waals surface area contributed by atoms with Crippen LogP contribution in [0.25, 0.3) is 0 Å². The third kappa shape index (κ3) is 5.21. The largest absolute Gasteiger partial charge is 0.478 e. The average molecular weight is 436 g/mol. The number of sulfonamides is 1. The lowest BCUT2D eigenvalue weighted by Crippen LogP contribution is -2.33. The van der Waals surface area contributed by atoms with Crippen molar-refractivity contribution < 1.29 is 23.1 Å². The van der Waals surface area contributed by atoms with Gasteiger partial charge < -0.3 is 15.3 Å². The van der Waals surface area contributed by atoms with Crippen molar-refractivity contribution in [3.63, 3.8) is 0 Å². The maximum atomic E-state index is 12.6. The number of anilines is 3. The van der Waals surface area contributed by atoms with Gasteiger partial charge in [0.05, 0.1) is 16.1 Å². The van der Waals surface area contributed by atoms with Crippen molar-refractivity contribution in [1.82, 2.24) is 0 Å². The first-order chi connectivity index (χ1) is 13.8. The van der Waals surface area contributed by atoms with Crippen LogP contribution in [0.1, 0.15) is 17.3 Å². The summed E-state index contributed by atoms with van der Waals surface area (Å²) >= 11 is 1.82. The van der Waals surface area contributed by atoms with Crippen molar-refractivity contribution in [2.75, 3.05) is 39.5 Å². The molecule has 2 aromatic rings. The lowest BCUT2D eigenvalue weighted by molar-refractivity contribution is -0.114. The average Bonchev–Trinajstić information content (AvgIpc) is 2.68. The summed E-state index contributed by atoms with van der Waals surface area (Å²) in [6.45, 7) is 2.85. The summed E-state index contributed by atoms with van der Waals surface area (Å²) in [5.74, 6) is 0.468. The Morgan fingerprint density at radius 3 is 2.24 bits per heavy atom. The molecule has 0 unspecified atom stereocenters. The van der Waals surface area contributed by atoms with Gasteiger partial charge in [0.25, 0.3) is 10.0 Å². The maximum Gasteiger partial charge on any atom is 0.337 e. The number of hydrogen-bond donors (Lipinski definition) is 3. The van der Waals surface area contributed by atoms with E-state index in [1.807, 2.05) is 16.7 Å². The number of rotatable bonds is 6. The van der Waals surface area contributed by atoms with Crippen molar-refractivity contribution in [1.29, 1.82) is 0 Å². The molecule has 0 aromatic heterocycles. The molecule has 1 amide bonds. The molecule has 10 heteroatoms. The van der Waals surface area contributed by atoms with Crippen molar-refractivity contribution in [3.05, 3.63) is 48.0 Å². The molecule has 1 aliphatic rings. The minimum absolute atomic E-state index is 0.000564. The van der Waals surface area contributed by atoms with E-state index in [-0.39, 0.29) is 22.1 Å². The Morgan fingerprint density at radius 2 is 1.66 bits per heavy atom. The Morgan fingerprint density at radius 1 is 1.03 bits per heavy atom. The van der Waals surface area contributed by atoms with Crippen molar-refractivity contribution >= 4 is 50.7 Å². The summed E-state index contributed by atoms with van der Waals surface area (Å²) in [5.41, 5.74) is 1.29. The molecule has 0 aliphatic carbocycles. The normalized spacial score (nSPS) is 14.3. The van der Waals surface area contributed by atoms with Gasteiger partial charge in [0, 0.05) is 42.9 Å². The van der Waals surface area contributed by atoms with Crippen LogP contribution in [-0.2, 0) is 14.8 Å². The molecular weight excluding hydrogens is 414 g/mol. The summed E-state index contributed by atoms with van der Waals surface area (Å²) in [6.07, 6.45) is 0. The number of benzene rings is 2. The van der Waals surface area contributed by atoms with Gasteiger partial charge in [-0.2, -0.15) is 11.8 Å². The lowest BCUT2D eigenvalue weighted by atomic mass is 10.1. The zero-order valence-corrected chi connectivity index (χ0v) is 17.3. The highest BCUT2D eigenvalue weighted by Gasteiger charge is 2.21. The molecule has 29 heavy (non-hydrogen) atoms. The molecular formula is C19H21N3O5S2. The molecule has 1 heterocycles. The van der Waals surface area contributed by atoms with Gasteiger partial charge >= 0.3 is 5.97 Å². The first-order valence-electron chi connectivity index (χ1n) is 8.87. The van der Waals surface area contributed by atoms with Crippen LogP contribution in [0.15, 0.2) is 47.4 Å². The number of nitrogens with zero attached hydrogens (tertiary/aromatic N) is 1. The Bertz CT molecular complexity index is 1020. The number of aromatic carboxylic acids is 1. The second-order valence-electron chi connectivity index (χ2n) is 6.45. The first kappa shape index (κ1) is 21.0. The molecule has 1 fully saturated rings. The van der Waals surface area contributed by atoms with E-state index >= 15 is 0 Å². The van der Waals surface area contributed by atoms with Gasteiger partial charge in [-0.3, -0.25) is 9.52 Å². The lowest BCUT2D eigenvalue weighted by Gasteiger charge is -2.29. The van der Waals surface area contributed by atoms with Gasteiger partial charge in [-0.25, -0.2) is 13.2 Å². The quantitative estimate of drug-likeness (QED) is 0.639. The molecule has 8 nitrogen and oxygen atoms in total. The van der Waals surface area contributed by atoms with Gasteiger partial charge in [-0.15, -0.1) is 0 Å². The monoisotopic (exact) mass is 435 g/mol. The van der Waals surface area contributed by atoms with E-state index in [0.29, 0.717) is 11.4 Å². The van der Waals surface area contributed by atoms with Gasteiger partial charge in [0.1, 0.15) is 0 Å². The second kappa shape index (κ2) is 8.75. The van der Waals surface area contributed by atoms with E-state index in [0.717, 1.165) is 24.6 Å². The van der Waals surface area contributed by atoms with E-state index in [1.165, 1.54) is 37.3 Å². The Labute approximate surface area is 173 Å². The molecule has 3 N–H and O–H groups in total. The highest BCUT2D eigenvalue weighted by atomic mass is 32.2. The van der Waals surface area contributed by atoms with Crippen LogP contribution in [0.5, 0.6) is 0 Å². The summed E-state index contributed by atoms with van der Waals surface area (Å²) in [4.78, 5) is 24.8. The number of carbonyl (C=O) groups is 2. The van der Waals surface area contributed by atoms with Gasteiger partial charge in [-0.1, -0.05) is 0 Å². The molecule has 154 valence electrons. The number of nitrogens with one attached hydrogen (secondary N) is 2. The maximum absolute atomic E-state index is 12.6. The predicted molar refractivity (Wildman–Crippen MR) is 114 cm³/mol. The Hall–Kier alpha value is -2.72. The van der Waals surface area contributed by atoms with E-state index in [1.54, 1.807) is 12.1 Å². The highest BCUT2D eigenvalue weighted by Crippen LogP contribution is 2.28. The fourth-order valence-electron chi connectivity index (χ4n) is 2.99. The number of hydrogen-bond acceptors (Lipinski definition) is 6. The SMILES string of the molecule is CC(=O)Nc1ccc(S(=O)(=O)Nc2ccc(N3CCSCC3)c(C(=O)O)c2)cc1. The van der Waals surface area contributed by atoms with Crippen LogP contribution >= 0.6 is 11.8 Å². The summed E-state index contributed by atoms with van der Waals surface area (Å²) in [5, 5.41) is 12.2. The van der Waals surface area contributed by atoms with Crippen molar-refractivity contribution in [2.24, 2.45) is 0 Å². The molecule has 1 saturated heterocycles. The van der Waals surface area contributed by atoms with Crippen molar-refractivity contribution in [3.8, 4) is 0 Å². The smallest absolute Gasteiger partial charge is 0.337 e. The molecule has 0 bridgehead atoms. The third-order valence-electron chi connectivity index (χ3n) is 4.32. The zero-order valence-electron chi connectivity index (χ0n) is 15.7. The molecule has 0 saturated carbocycles. The van der Waals surface area contributed by atoms with Crippen molar-refractivity contribution in [2.45, 2.75) is 11.8 Å². The van der Waals surface area contributed by atoms with Gasteiger partial charge in [0.15, 0.2) is 0 Å². The summed E-state index contributed by atoms with van der Waals surface area (Å²) < 4.78 is 27.7. The van der Waals surface area contributed by atoms with Crippen LogP contribution in [0, 0.1) is 0 Å². The van der Waals surface area contributed by atoms with E-state index in [4.69, 9.17) is 0 Å². The fourth-order valence-corrected chi connectivity index (χ4v) is 4.94. The molecule has 2 aromatic carbocycles. The van der Waals surface area contributed by atoms with Gasteiger partial charge in [0.2, 0.25) is 5.91 Å². The summed E-state index contributed by atoms with van der Waals surface area (Å²) in [7, 11) is -3.91. The number of carboxylic acids is 1. The standard InChI is InChI=1S/C19H21N3O5S2/c1-13(23)20-14-2-5-16(6-3-14)29(26,27)21-15-4-7-18(17(12-15)19(24)25)22-8-10-28-11-9-22/h2-7,12,21H,8-11H2,1H3,(H,20,23)(H,24,25). The first-order valence-corrected chi connectivity index (χ1v) is 11.5. The molecule has 0 radical (unpaired) electrons. The number of carboxylic acid groups (broad SMARTS) is 1. The van der Waals surface area contributed by atoms with Gasteiger partial charge in [-0.05, 0) is 42.5 Å². The second-order valence-corrected chi connectivity index (χ2v) is 9.35. The van der Waals surface area contributed by atoms with Crippen LogP contribution in [-0.4, -0.2) is 50.0 Å². The Balaban J connectivity index is 1.83. The molecule has 0 spiro atoms. The van der Waals surface area contributed by atoms with Crippen LogP contribution in [0.2, 0.25) is 0 Å². The molecule has 0 atom stereocenters. The zero-order chi connectivity index (χ0) is 21.0. The van der Waals surface area contributed by atoms with Crippen LogP contribution < -0.4 is 14.9 Å². The molecule has 3 rings (SSSR count).